The first kappa shape index (κ1) is 13.6. The van der Waals surface area contributed by atoms with Gasteiger partial charge < -0.3 is 14.8 Å². The van der Waals surface area contributed by atoms with Crippen LogP contribution in [0.15, 0.2) is 28.9 Å². The minimum absolute atomic E-state index is 0.685. The van der Waals surface area contributed by atoms with Crippen molar-refractivity contribution in [2.24, 2.45) is 0 Å². The van der Waals surface area contributed by atoms with Crippen molar-refractivity contribution in [1.82, 2.24) is 9.97 Å². The van der Waals surface area contributed by atoms with Crippen LogP contribution in [0.2, 0.25) is 0 Å². The molecule has 0 fully saturated rings. The molecule has 5 nitrogen and oxygen atoms in total. The highest BCUT2D eigenvalue weighted by Crippen LogP contribution is 2.31. The van der Waals surface area contributed by atoms with Crippen LogP contribution >= 0.6 is 15.9 Å². The molecule has 19 heavy (non-hydrogen) atoms. The van der Waals surface area contributed by atoms with E-state index < -0.39 is 0 Å². The molecule has 1 aromatic carbocycles. The molecule has 100 valence electrons. The van der Waals surface area contributed by atoms with E-state index in [-0.39, 0.29) is 0 Å². The van der Waals surface area contributed by atoms with Crippen molar-refractivity contribution in [1.29, 1.82) is 0 Å². The van der Waals surface area contributed by atoms with E-state index in [1.54, 1.807) is 20.3 Å². The Labute approximate surface area is 120 Å². The Balaban J connectivity index is 2.32. The number of rotatable bonds is 4. The van der Waals surface area contributed by atoms with Crippen LogP contribution in [0, 0.1) is 6.92 Å². The zero-order valence-electron chi connectivity index (χ0n) is 10.9. The Morgan fingerprint density at radius 2 is 1.89 bits per heavy atom. The molecule has 0 radical (unpaired) electrons. The quantitative estimate of drug-likeness (QED) is 0.875. The van der Waals surface area contributed by atoms with Crippen LogP contribution in [0.5, 0.6) is 11.5 Å². The molecule has 1 heterocycles. The molecule has 0 bridgehead atoms. The number of hydrogen-bond acceptors (Lipinski definition) is 5. The van der Waals surface area contributed by atoms with E-state index in [0.29, 0.717) is 17.4 Å². The second kappa shape index (κ2) is 5.88. The van der Waals surface area contributed by atoms with Gasteiger partial charge in [0.05, 0.1) is 19.9 Å². The van der Waals surface area contributed by atoms with Gasteiger partial charge in [-0.3, -0.25) is 0 Å². The summed E-state index contributed by atoms with van der Waals surface area (Å²) >= 11 is 3.34. The minimum Gasteiger partial charge on any atom is -0.497 e. The van der Waals surface area contributed by atoms with Gasteiger partial charge in [-0.15, -0.1) is 0 Å². The van der Waals surface area contributed by atoms with Gasteiger partial charge in [0.1, 0.15) is 27.7 Å². The van der Waals surface area contributed by atoms with E-state index in [2.05, 4.69) is 31.2 Å². The van der Waals surface area contributed by atoms with Gasteiger partial charge in [-0.2, -0.15) is 0 Å². The van der Waals surface area contributed by atoms with Gasteiger partial charge in [0, 0.05) is 12.1 Å². The number of aromatic nitrogens is 2. The van der Waals surface area contributed by atoms with Gasteiger partial charge in [-0.05, 0) is 35.0 Å². The third-order valence-electron chi connectivity index (χ3n) is 2.48. The summed E-state index contributed by atoms with van der Waals surface area (Å²) in [7, 11) is 3.23. The Morgan fingerprint density at radius 1 is 1.11 bits per heavy atom. The smallest absolute Gasteiger partial charge is 0.146 e. The molecule has 2 rings (SSSR count). The number of nitrogens with one attached hydrogen (secondary N) is 1. The van der Waals surface area contributed by atoms with E-state index in [1.807, 2.05) is 25.1 Å². The zero-order valence-corrected chi connectivity index (χ0v) is 12.5. The van der Waals surface area contributed by atoms with Crippen molar-refractivity contribution < 1.29 is 9.47 Å². The number of halogens is 1. The third-order valence-corrected chi connectivity index (χ3v) is 2.88. The van der Waals surface area contributed by atoms with Crippen molar-refractivity contribution in [2.45, 2.75) is 6.92 Å². The van der Waals surface area contributed by atoms with E-state index in [1.165, 1.54) is 0 Å². The van der Waals surface area contributed by atoms with Gasteiger partial charge >= 0.3 is 0 Å². The zero-order chi connectivity index (χ0) is 13.8. The molecule has 0 spiro atoms. The highest BCUT2D eigenvalue weighted by atomic mass is 79.9. The maximum atomic E-state index is 5.32. The predicted molar refractivity (Wildman–Crippen MR) is 77.3 cm³/mol. The Morgan fingerprint density at radius 3 is 2.53 bits per heavy atom. The van der Waals surface area contributed by atoms with Crippen molar-refractivity contribution in [3.8, 4) is 11.5 Å². The molecular formula is C13H14BrN3O2. The summed E-state index contributed by atoms with van der Waals surface area (Å²) in [5.74, 6) is 2.81. The minimum atomic E-state index is 0.685. The summed E-state index contributed by atoms with van der Waals surface area (Å²) in [6.45, 7) is 1.83. The van der Waals surface area contributed by atoms with Crippen molar-refractivity contribution in [3.05, 3.63) is 34.7 Å². The van der Waals surface area contributed by atoms with Gasteiger partial charge in [0.2, 0.25) is 0 Å². The first-order valence-corrected chi connectivity index (χ1v) is 6.42. The van der Waals surface area contributed by atoms with E-state index in [9.17, 15) is 0 Å². The van der Waals surface area contributed by atoms with Crippen LogP contribution in [-0.2, 0) is 0 Å². The maximum absolute atomic E-state index is 5.32. The number of aryl methyl sites for hydroxylation is 1. The Kier molecular flexibility index (Phi) is 4.21. The lowest BCUT2D eigenvalue weighted by atomic mass is 10.2. The first-order chi connectivity index (χ1) is 9.12. The van der Waals surface area contributed by atoms with Crippen molar-refractivity contribution in [3.63, 3.8) is 0 Å². The van der Waals surface area contributed by atoms with Gasteiger partial charge in [-0.1, -0.05) is 0 Å². The van der Waals surface area contributed by atoms with Crippen LogP contribution < -0.4 is 14.8 Å². The molecule has 0 saturated heterocycles. The topological polar surface area (TPSA) is 56.3 Å². The summed E-state index contributed by atoms with van der Waals surface area (Å²) in [5.41, 5.74) is 0.813. The monoisotopic (exact) mass is 323 g/mol. The largest absolute Gasteiger partial charge is 0.497 e. The maximum Gasteiger partial charge on any atom is 0.146 e. The first-order valence-electron chi connectivity index (χ1n) is 5.62. The highest BCUT2D eigenvalue weighted by molar-refractivity contribution is 9.10. The van der Waals surface area contributed by atoms with Crippen LogP contribution in [0.25, 0.3) is 0 Å². The summed E-state index contributed by atoms with van der Waals surface area (Å²) < 4.78 is 11.2. The number of nitrogens with zero attached hydrogens (tertiary/aromatic N) is 2. The fourth-order valence-electron chi connectivity index (χ4n) is 1.64. The predicted octanol–water partition coefficient (Wildman–Crippen LogP) is 3.31. The van der Waals surface area contributed by atoms with E-state index >= 15 is 0 Å². The molecule has 0 amide bonds. The van der Waals surface area contributed by atoms with Crippen molar-refractivity contribution >= 4 is 27.4 Å². The molecule has 0 aliphatic rings. The molecule has 0 aliphatic carbocycles. The van der Waals surface area contributed by atoms with Gasteiger partial charge in [0.15, 0.2) is 0 Å². The Bertz CT molecular complexity index is 570. The number of anilines is 2. The molecule has 1 aromatic heterocycles. The number of hydrogen-bond donors (Lipinski definition) is 1. The van der Waals surface area contributed by atoms with Crippen LogP contribution in [0.1, 0.15) is 5.82 Å². The molecule has 0 atom stereocenters. The van der Waals surface area contributed by atoms with E-state index in [4.69, 9.17) is 9.47 Å². The lowest BCUT2D eigenvalue weighted by molar-refractivity contribution is 0.395. The van der Waals surface area contributed by atoms with Gasteiger partial charge in [-0.25, -0.2) is 9.97 Å². The van der Waals surface area contributed by atoms with Crippen LogP contribution in [0.3, 0.4) is 0 Å². The highest BCUT2D eigenvalue weighted by Gasteiger charge is 2.07. The molecule has 0 aliphatic heterocycles. The number of benzene rings is 1. The lowest BCUT2D eigenvalue weighted by Crippen LogP contribution is -1.99. The molecule has 0 unspecified atom stereocenters. The molecule has 2 aromatic rings. The van der Waals surface area contributed by atoms with Crippen LogP contribution in [0.4, 0.5) is 11.5 Å². The average Bonchev–Trinajstić information content (AvgIpc) is 2.38. The molecule has 0 saturated carbocycles. The Hall–Kier alpha value is -1.82. The number of methoxy groups -OCH3 is 2. The molecule has 6 heteroatoms. The average molecular weight is 324 g/mol. The molecule has 1 N–H and O–H groups in total. The number of ether oxygens (including phenoxy) is 2. The van der Waals surface area contributed by atoms with Gasteiger partial charge in [0.25, 0.3) is 0 Å². The summed E-state index contributed by atoms with van der Waals surface area (Å²) in [4.78, 5) is 8.47. The van der Waals surface area contributed by atoms with E-state index in [0.717, 1.165) is 16.0 Å². The molecular weight excluding hydrogens is 310 g/mol. The SMILES string of the molecule is COc1ccc(Nc2cc(Br)nc(C)n2)c(OC)c1. The summed E-state index contributed by atoms with van der Waals surface area (Å²) in [5, 5.41) is 3.19. The van der Waals surface area contributed by atoms with Crippen LogP contribution in [-0.4, -0.2) is 24.2 Å². The second-order valence-corrected chi connectivity index (χ2v) is 4.63. The standard InChI is InChI=1S/C13H14BrN3O2/c1-8-15-12(14)7-13(16-8)17-10-5-4-9(18-2)6-11(10)19-3/h4-7H,1-3H3,(H,15,16,17). The third kappa shape index (κ3) is 3.35. The fourth-order valence-corrected chi connectivity index (χ4v) is 2.11. The fraction of sp³-hybridized carbons (Fsp3) is 0.231. The summed E-state index contributed by atoms with van der Waals surface area (Å²) in [6.07, 6.45) is 0. The summed E-state index contributed by atoms with van der Waals surface area (Å²) in [6, 6.07) is 7.35. The lowest BCUT2D eigenvalue weighted by Gasteiger charge is -2.12. The normalized spacial score (nSPS) is 10.1. The van der Waals surface area contributed by atoms with Crippen molar-refractivity contribution in [2.75, 3.05) is 19.5 Å². The second-order valence-electron chi connectivity index (χ2n) is 3.81.